The van der Waals surface area contributed by atoms with Gasteiger partial charge in [-0.2, -0.15) is 5.10 Å². The molecule has 2 heterocycles. The Morgan fingerprint density at radius 2 is 2.44 bits per heavy atom. The molecule has 80 valence electrons. The molecule has 0 aliphatic carbocycles. The van der Waals surface area contributed by atoms with Gasteiger partial charge in [0, 0.05) is 16.8 Å². The smallest absolute Gasteiger partial charge is 0.0833 e. The lowest BCUT2D eigenvalue weighted by molar-refractivity contribution is 0.995. The van der Waals surface area contributed by atoms with Crippen molar-refractivity contribution in [2.45, 2.75) is 6.42 Å². The number of aromatic nitrogens is 3. The summed E-state index contributed by atoms with van der Waals surface area (Å²) in [6.45, 7) is 0.473. The second-order valence-electron chi connectivity index (χ2n) is 3.21. The maximum Gasteiger partial charge on any atom is 0.0833 e. The van der Waals surface area contributed by atoms with E-state index in [1.807, 2.05) is 18.2 Å². The highest BCUT2D eigenvalue weighted by molar-refractivity contribution is 5.78. The van der Waals surface area contributed by atoms with Gasteiger partial charge in [0.2, 0.25) is 0 Å². The first-order valence-electron chi connectivity index (χ1n) is 4.86. The first kappa shape index (κ1) is 10.2. The van der Waals surface area contributed by atoms with Crippen molar-refractivity contribution in [3.05, 3.63) is 40.7 Å². The van der Waals surface area contributed by atoms with Crippen LogP contribution in [0, 0.1) is 0 Å². The molecular formula is C10H10N6. The highest BCUT2D eigenvalue weighted by Gasteiger charge is 1.95. The largest absolute Gasteiger partial charge is 0.276 e. The van der Waals surface area contributed by atoms with Gasteiger partial charge in [0.15, 0.2) is 0 Å². The average molecular weight is 214 g/mol. The molecule has 0 fully saturated rings. The first-order chi connectivity index (χ1) is 7.90. The van der Waals surface area contributed by atoms with Gasteiger partial charge in [-0.05, 0) is 24.1 Å². The van der Waals surface area contributed by atoms with Gasteiger partial charge in [0.1, 0.15) is 0 Å². The van der Waals surface area contributed by atoms with Crippen molar-refractivity contribution in [1.82, 2.24) is 15.2 Å². The Hall–Kier alpha value is -2.33. The Labute approximate surface area is 91.6 Å². The third kappa shape index (κ3) is 2.37. The molecule has 0 spiro atoms. The maximum absolute atomic E-state index is 8.09. The van der Waals surface area contributed by atoms with Crippen LogP contribution in [0.2, 0.25) is 0 Å². The molecule has 1 N–H and O–H groups in total. The summed E-state index contributed by atoms with van der Waals surface area (Å²) in [5.74, 6) is 0. The van der Waals surface area contributed by atoms with E-state index in [9.17, 15) is 0 Å². The van der Waals surface area contributed by atoms with E-state index in [-0.39, 0.29) is 0 Å². The number of azide groups is 1. The van der Waals surface area contributed by atoms with E-state index < -0.39 is 0 Å². The molecule has 0 aliphatic heterocycles. The molecule has 0 atom stereocenters. The Kier molecular flexibility index (Phi) is 3.15. The van der Waals surface area contributed by atoms with Crippen molar-refractivity contribution in [2.24, 2.45) is 5.11 Å². The Morgan fingerprint density at radius 1 is 1.50 bits per heavy atom. The standard InChI is InChI=1S/C10H10N6/c11-16-13-4-2-1-3-9-5-8-6-14-15-10(8)7-12-9/h1,3,5-7H,2,4H2,(H,14,15). The SMILES string of the molecule is [N-]=[N+]=NCCC=Cc1cc2cn[nH]c2cn1. The first-order valence-corrected chi connectivity index (χ1v) is 4.86. The summed E-state index contributed by atoms with van der Waals surface area (Å²) in [6, 6.07) is 1.95. The summed E-state index contributed by atoms with van der Waals surface area (Å²) in [5.41, 5.74) is 9.88. The van der Waals surface area contributed by atoms with Crippen LogP contribution in [0.5, 0.6) is 0 Å². The fourth-order valence-corrected chi connectivity index (χ4v) is 1.33. The number of fused-ring (bicyclic) bond motifs is 1. The van der Waals surface area contributed by atoms with E-state index in [1.165, 1.54) is 0 Å². The second-order valence-corrected chi connectivity index (χ2v) is 3.21. The molecule has 0 aliphatic rings. The lowest BCUT2D eigenvalue weighted by Crippen LogP contribution is -1.80. The van der Waals surface area contributed by atoms with E-state index >= 15 is 0 Å². The van der Waals surface area contributed by atoms with Crippen LogP contribution in [0.4, 0.5) is 0 Å². The van der Waals surface area contributed by atoms with Crippen LogP contribution in [0.15, 0.2) is 29.7 Å². The van der Waals surface area contributed by atoms with Crippen molar-refractivity contribution in [3.8, 4) is 0 Å². The third-order valence-corrected chi connectivity index (χ3v) is 2.09. The van der Waals surface area contributed by atoms with Crippen LogP contribution in [0.25, 0.3) is 27.4 Å². The van der Waals surface area contributed by atoms with Gasteiger partial charge < -0.3 is 0 Å². The van der Waals surface area contributed by atoms with Crippen molar-refractivity contribution < 1.29 is 0 Å². The number of pyridine rings is 1. The van der Waals surface area contributed by atoms with E-state index in [1.54, 1.807) is 12.4 Å². The monoisotopic (exact) mass is 214 g/mol. The van der Waals surface area contributed by atoms with Crippen LogP contribution in [-0.4, -0.2) is 21.7 Å². The van der Waals surface area contributed by atoms with Crippen LogP contribution >= 0.6 is 0 Å². The third-order valence-electron chi connectivity index (χ3n) is 2.09. The minimum absolute atomic E-state index is 0.473. The zero-order valence-corrected chi connectivity index (χ0v) is 8.54. The lowest BCUT2D eigenvalue weighted by Gasteiger charge is -1.92. The van der Waals surface area contributed by atoms with Crippen molar-refractivity contribution >= 4 is 17.0 Å². The van der Waals surface area contributed by atoms with Gasteiger partial charge in [-0.25, -0.2) is 0 Å². The zero-order valence-electron chi connectivity index (χ0n) is 8.54. The highest BCUT2D eigenvalue weighted by atomic mass is 15.1. The van der Waals surface area contributed by atoms with Gasteiger partial charge in [0.05, 0.1) is 23.6 Å². The number of rotatable bonds is 4. The molecule has 2 aromatic rings. The van der Waals surface area contributed by atoms with E-state index in [0.717, 1.165) is 23.0 Å². The molecule has 2 aromatic heterocycles. The Balaban J connectivity index is 2.05. The Bertz CT molecular complexity index is 549. The van der Waals surface area contributed by atoms with Crippen LogP contribution in [0.1, 0.15) is 12.1 Å². The zero-order chi connectivity index (χ0) is 11.2. The molecule has 6 heteroatoms. The summed E-state index contributed by atoms with van der Waals surface area (Å²) in [4.78, 5) is 6.91. The second kappa shape index (κ2) is 4.95. The maximum atomic E-state index is 8.09. The van der Waals surface area contributed by atoms with E-state index in [2.05, 4.69) is 25.2 Å². The average Bonchev–Trinajstić information content (AvgIpc) is 2.76. The molecule has 6 nitrogen and oxygen atoms in total. The minimum Gasteiger partial charge on any atom is -0.276 e. The highest BCUT2D eigenvalue weighted by Crippen LogP contribution is 2.11. The summed E-state index contributed by atoms with van der Waals surface area (Å²) in [7, 11) is 0. The molecule has 0 saturated heterocycles. The van der Waals surface area contributed by atoms with Crippen molar-refractivity contribution in [3.63, 3.8) is 0 Å². The van der Waals surface area contributed by atoms with E-state index in [0.29, 0.717) is 6.54 Å². The molecule has 0 radical (unpaired) electrons. The van der Waals surface area contributed by atoms with Crippen LogP contribution in [-0.2, 0) is 0 Å². The van der Waals surface area contributed by atoms with Crippen LogP contribution in [0.3, 0.4) is 0 Å². The summed E-state index contributed by atoms with van der Waals surface area (Å²) in [6.07, 6.45) is 8.06. The number of nitrogens with one attached hydrogen (secondary N) is 1. The number of aromatic amines is 1. The van der Waals surface area contributed by atoms with Gasteiger partial charge in [-0.1, -0.05) is 11.2 Å². The molecule has 16 heavy (non-hydrogen) atoms. The normalized spacial score (nSPS) is 10.8. The van der Waals surface area contributed by atoms with E-state index in [4.69, 9.17) is 5.53 Å². The summed E-state index contributed by atoms with van der Waals surface area (Å²) in [5, 5.41) is 11.2. The molecule has 0 unspecified atom stereocenters. The van der Waals surface area contributed by atoms with Crippen molar-refractivity contribution in [1.29, 1.82) is 0 Å². The van der Waals surface area contributed by atoms with Crippen LogP contribution < -0.4 is 0 Å². The van der Waals surface area contributed by atoms with Gasteiger partial charge in [-0.15, -0.1) is 0 Å². The quantitative estimate of drug-likeness (QED) is 0.367. The summed E-state index contributed by atoms with van der Waals surface area (Å²) < 4.78 is 0. The number of H-pyrrole nitrogens is 1. The molecular weight excluding hydrogens is 204 g/mol. The number of hydrogen-bond acceptors (Lipinski definition) is 3. The minimum atomic E-state index is 0.473. The molecule has 0 amide bonds. The van der Waals surface area contributed by atoms with Gasteiger partial charge in [0.25, 0.3) is 0 Å². The molecule has 2 rings (SSSR count). The van der Waals surface area contributed by atoms with Gasteiger partial charge in [-0.3, -0.25) is 10.1 Å². The fraction of sp³-hybridized carbons (Fsp3) is 0.200. The fourth-order valence-electron chi connectivity index (χ4n) is 1.33. The predicted molar refractivity (Wildman–Crippen MR) is 61.6 cm³/mol. The molecule has 0 aromatic carbocycles. The van der Waals surface area contributed by atoms with Gasteiger partial charge >= 0.3 is 0 Å². The molecule has 0 bridgehead atoms. The topological polar surface area (TPSA) is 90.3 Å². The molecule has 0 saturated carbocycles. The Morgan fingerprint density at radius 3 is 3.31 bits per heavy atom. The lowest BCUT2D eigenvalue weighted by atomic mass is 10.2. The summed E-state index contributed by atoms with van der Waals surface area (Å²) >= 11 is 0. The number of hydrogen-bond donors (Lipinski definition) is 1. The predicted octanol–water partition coefficient (Wildman–Crippen LogP) is 2.67. The number of nitrogens with zero attached hydrogens (tertiary/aromatic N) is 5. The van der Waals surface area contributed by atoms with Crippen molar-refractivity contribution in [2.75, 3.05) is 6.54 Å².